The van der Waals surface area contributed by atoms with Crippen molar-refractivity contribution in [2.24, 2.45) is 4.99 Å². The van der Waals surface area contributed by atoms with Crippen LogP contribution in [-0.2, 0) is 44.7 Å². The fourth-order valence-electron chi connectivity index (χ4n) is 2.49. The Labute approximate surface area is 198 Å². The van der Waals surface area contributed by atoms with Crippen molar-refractivity contribution in [3.63, 3.8) is 0 Å². The molecule has 0 atom stereocenters. The predicted molar refractivity (Wildman–Crippen MR) is 118 cm³/mol. The van der Waals surface area contributed by atoms with E-state index in [4.69, 9.17) is 0 Å². The van der Waals surface area contributed by atoms with Gasteiger partial charge in [-0.1, -0.05) is 50.9 Å². The Bertz CT molecular complexity index is 828. The first kappa shape index (κ1) is 27.3. The second-order valence-electron chi connectivity index (χ2n) is 7.20. The van der Waals surface area contributed by atoms with Crippen LogP contribution in [0.4, 0.5) is 5.69 Å². The molecule has 2 aromatic carbocycles. The van der Waals surface area contributed by atoms with Gasteiger partial charge in [0.25, 0.3) is 5.91 Å². The van der Waals surface area contributed by atoms with Gasteiger partial charge in [-0.3, -0.25) is 4.79 Å². The number of carbonyl (C=O) groups excluding carboxylic acids is 1. The Morgan fingerprint density at radius 1 is 1.17 bits per heavy atom. The number of carbonyl (C=O) groups is 1. The van der Waals surface area contributed by atoms with Crippen LogP contribution < -0.4 is 5.32 Å². The zero-order valence-electron chi connectivity index (χ0n) is 17.7. The molecule has 2 aromatic rings. The summed E-state index contributed by atoms with van der Waals surface area (Å²) in [5.74, 6) is -0.590. The normalized spacial score (nSPS) is 10.1. The number of rotatable bonds is 4. The number of benzene rings is 2. The second-order valence-corrected chi connectivity index (χ2v) is 7.20. The molecule has 1 radical (unpaired) electrons. The van der Waals surface area contributed by atoms with Crippen molar-refractivity contribution in [1.29, 1.82) is 0 Å². The van der Waals surface area contributed by atoms with E-state index in [2.05, 4.69) is 43.1 Å². The number of amides is 1. The van der Waals surface area contributed by atoms with E-state index >= 15 is 0 Å². The van der Waals surface area contributed by atoms with Gasteiger partial charge in [0.2, 0.25) is 0 Å². The first-order valence-corrected chi connectivity index (χ1v) is 8.85. The summed E-state index contributed by atoms with van der Waals surface area (Å²) in [5, 5.41) is 25.7. The number of anilines is 1. The van der Waals surface area contributed by atoms with Gasteiger partial charge >= 0.3 is 0 Å². The molecule has 0 unspecified atom stereocenters. The molecule has 7 heteroatoms. The zero-order valence-corrected chi connectivity index (χ0v) is 20.6. The van der Waals surface area contributed by atoms with E-state index in [1.54, 1.807) is 44.4 Å². The molecule has 1 amide bonds. The summed E-state index contributed by atoms with van der Waals surface area (Å²) in [6.45, 7) is 9.25. The largest absolute Gasteiger partial charge is 0.668 e. The third-order valence-corrected chi connectivity index (χ3v) is 3.99. The Morgan fingerprint density at radius 2 is 1.72 bits per heavy atom. The van der Waals surface area contributed by atoms with Crippen LogP contribution in [0.5, 0.6) is 0 Å². The first-order chi connectivity index (χ1) is 13.2. The Morgan fingerprint density at radius 3 is 2.17 bits per heavy atom. The molecular weight excluding hydrogens is 441 g/mol. The standard InChI is InChI=1S/C20H22N3O2.C2H6N.Y/c1-20(2,3)14-10-8-13(9-11-14)19(25)23-17-7-5-6-15(16(17)12-24)18(21)22-4;1-3-2;/h5-11,24H,4,12H2,1-3H3,(H,23,25);1-2H3;/q2*-1;. The number of aliphatic hydroxyl groups is 1. The van der Waals surface area contributed by atoms with Crippen molar-refractivity contribution in [1.82, 2.24) is 0 Å². The number of nitrogens with zero attached hydrogens (tertiary/aromatic N) is 3. The van der Waals surface area contributed by atoms with Gasteiger partial charge in [0, 0.05) is 49.5 Å². The number of hydrogen-bond donors (Lipinski definition) is 2. The van der Waals surface area contributed by atoms with Crippen LogP contribution >= 0.6 is 0 Å². The van der Waals surface area contributed by atoms with E-state index in [0.717, 1.165) is 5.56 Å². The zero-order chi connectivity index (χ0) is 21.3. The minimum absolute atomic E-state index is 0. The molecule has 0 aliphatic rings. The van der Waals surface area contributed by atoms with Gasteiger partial charge in [0.1, 0.15) is 0 Å². The molecule has 0 fully saturated rings. The van der Waals surface area contributed by atoms with Crippen molar-refractivity contribution < 1.29 is 42.6 Å². The average Bonchev–Trinajstić information content (AvgIpc) is 2.67. The molecule has 0 bridgehead atoms. The molecule has 6 nitrogen and oxygen atoms in total. The number of hydrogen-bond acceptors (Lipinski definition) is 2. The summed E-state index contributed by atoms with van der Waals surface area (Å²) >= 11 is 0. The van der Waals surface area contributed by atoms with Crippen LogP contribution in [0, 0.1) is 0 Å². The maximum Gasteiger partial charge on any atom is 0.255 e. The maximum absolute atomic E-state index is 12.5. The van der Waals surface area contributed by atoms with E-state index in [9.17, 15) is 15.3 Å². The van der Waals surface area contributed by atoms with E-state index < -0.39 is 0 Å². The SMILES string of the molecule is C=NC(=[N-])c1cccc(NC(=O)c2ccc(C(C)(C)C)cc2)c1CO.C[N-]C.[Y]. The molecule has 29 heavy (non-hydrogen) atoms. The molecular formula is C22H28N4O2Y-2. The third-order valence-electron chi connectivity index (χ3n) is 3.99. The van der Waals surface area contributed by atoms with Gasteiger partial charge < -0.3 is 26.1 Å². The minimum atomic E-state index is -0.353. The first-order valence-electron chi connectivity index (χ1n) is 8.85. The molecule has 0 aliphatic carbocycles. The smallest absolute Gasteiger partial charge is 0.255 e. The number of nitrogens with one attached hydrogen (secondary N) is 1. The maximum atomic E-state index is 12.5. The summed E-state index contributed by atoms with van der Waals surface area (Å²) in [4.78, 5) is 16.0. The van der Waals surface area contributed by atoms with Crippen molar-refractivity contribution >= 4 is 24.1 Å². The van der Waals surface area contributed by atoms with Gasteiger partial charge in [0.15, 0.2) is 0 Å². The topological polar surface area (TPSA) is 98.1 Å². The van der Waals surface area contributed by atoms with Crippen LogP contribution in [0.1, 0.15) is 47.8 Å². The molecule has 0 heterocycles. The molecule has 2 N–H and O–H groups in total. The third kappa shape index (κ3) is 7.90. The molecule has 0 aliphatic heterocycles. The summed E-state index contributed by atoms with van der Waals surface area (Å²) < 4.78 is 0. The Kier molecular flexibility index (Phi) is 12.0. The predicted octanol–water partition coefficient (Wildman–Crippen LogP) is 4.36. The fourth-order valence-corrected chi connectivity index (χ4v) is 2.49. The van der Waals surface area contributed by atoms with Crippen molar-refractivity contribution in [2.75, 3.05) is 19.4 Å². The number of aliphatic imine (C=N–C) groups is 1. The van der Waals surface area contributed by atoms with Crippen LogP contribution in [0.2, 0.25) is 0 Å². The van der Waals surface area contributed by atoms with E-state index in [-0.39, 0.29) is 56.5 Å². The van der Waals surface area contributed by atoms with Crippen molar-refractivity contribution in [3.8, 4) is 0 Å². The fraction of sp³-hybridized carbons (Fsp3) is 0.318. The summed E-state index contributed by atoms with van der Waals surface area (Å²) in [5.41, 5.74) is 2.79. The van der Waals surface area contributed by atoms with Crippen molar-refractivity contribution in [2.45, 2.75) is 32.8 Å². The second kappa shape index (κ2) is 12.8. The van der Waals surface area contributed by atoms with Crippen LogP contribution in [0.15, 0.2) is 47.5 Å². The molecule has 153 valence electrons. The quantitative estimate of drug-likeness (QED) is 0.514. The molecule has 2 rings (SSSR count). The van der Waals surface area contributed by atoms with Gasteiger partial charge in [-0.15, -0.1) is 6.72 Å². The van der Waals surface area contributed by atoms with Gasteiger partial charge in [-0.05, 0) is 34.7 Å². The Hall–Kier alpha value is -1.73. The van der Waals surface area contributed by atoms with E-state index in [1.165, 1.54) is 0 Å². The van der Waals surface area contributed by atoms with Crippen LogP contribution in [0.3, 0.4) is 0 Å². The van der Waals surface area contributed by atoms with E-state index in [1.807, 2.05) is 12.1 Å². The molecule has 0 aromatic heterocycles. The van der Waals surface area contributed by atoms with Gasteiger partial charge in [-0.25, -0.2) is 0 Å². The minimum Gasteiger partial charge on any atom is -0.668 e. The van der Waals surface area contributed by atoms with Crippen LogP contribution in [0.25, 0.3) is 10.7 Å². The summed E-state index contributed by atoms with van der Waals surface area (Å²) in [6.07, 6.45) is 0. The number of amidine groups is 1. The molecule has 0 spiro atoms. The Balaban J connectivity index is 0.00000184. The molecule has 0 saturated heterocycles. The van der Waals surface area contributed by atoms with Gasteiger partial charge in [0.05, 0.1) is 6.61 Å². The van der Waals surface area contributed by atoms with Gasteiger partial charge in [-0.2, -0.15) is 14.1 Å². The summed E-state index contributed by atoms with van der Waals surface area (Å²) in [7, 11) is 3.50. The summed E-state index contributed by atoms with van der Waals surface area (Å²) in [6, 6.07) is 12.3. The monoisotopic (exact) mass is 469 g/mol. The number of aliphatic hydroxyl groups excluding tert-OH is 1. The van der Waals surface area contributed by atoms with Crippen molar-refractivity contribution in [3.05, 3.63) is 75.4 Å². The van der Waals surface area contributed by atoms with Crippen LogP contribution in [-0.4, -0.2) is 37.7 Å². The average molecular weight is 469 g/mol. The van der Waals surface area contributed by atoms with E-state index in [0.29, 0.717) is 22.4 Å². The molecule has 0 saturated carbocycles.